The average molecular weight is 273 g/mol. The number of carbonyl (C=O) groups excluding carboxylic acids is 1. The molecule has 1 heterocycles. The standard InChI is InChI=1S/C14H15N3O3/c1-10(17-8-2-7-16-17)13(18)15-9-11-3-5-12(6-4-11)14(19)20/h2-8,10H,9H2,1H3,(H,15,18)(H,19,20)/t10-/m0/s1. The molecule has 0 saturated carbocycles. The van der Waals surface area contributed by atoms with E-state index < -0.39 is 5.97 Å². The smallest absolute Gasteiger partial charge is 0.335 e. The van der Waals surface area contributed by atoms with Gasteiger partial charge in [-0.3, -0.25) is 9.48 Å². The third kappa shape index (κ3) is 3.23. The SMILES string of the molecule is C[C@@H](C(=O)NCc1ccc(C(=O)O)cc1)n1cccn1. The normalized spacial score (nSPS) is 11.8. The van der Waals surface area contributed by atoms with E-state index in [4.69, 9.17) is 5.11 Å². The summed E-state index contributed by atoms with van der Waals surface area (Å²) in [6.45, 7) is 2.11. The highest BCUT2D eigenvalue weighted by Crippen LogP contribution is 2.06. The third-order valence-corrected chi connectivity index (χ3v) is 2.97. The fraction of sp³-hybridized carbons (Fsp3) is 0.214. The number of hydrogen-bond acceptors (Lipinski definition) is 3. The monoisotopic (exact) mass is 273 g/mol. The Morgan fingerprint density at radius 3 is 2.60 bits per heavy atom. The van der Waals surface area contributed by atoms with Gasteiger partial charge in [-0.2, -0.15) is 5.10 Å². The minimum atomic E-state index is -0.965. The van der Waals surface area contributed by atoms with E-state index in [0.717, 1.165) is 5.56 Å². The molecule has 6 heteroatoms. The van der Waals surface area contributed by atoms with Crippen molar-refractivity contribution in [2.75, 3.05) is 0 Å². The lowest BCUT2D eigenvalue weighted by molar-refractivity contribution is -0.124. The number of aromatic carboxylic acids is 1. The summed E-state index contributed by atoms with van der Waals surface area (Å²) in [7, 11) is 0. The maximum Gasteiger partial charge on any atom is 0.335 e. The quantitative estimate of drug-likeness (QED) is 0.863. The number of hydrogen-bond donors (Lipinski definition) is 2. The van der Waals surface area contributed by atoms with Crippen LogP contribution in [0.5, 0.6) is 0 Å². The molecule has 2 rings (SSSR count). The Bertz CT molecular complexity index is 591. The first-order chi connectivity index (χ1) is 9.58. The van der Waals surface area contributed by atoms with Gasteiger partial charge in [-0.1, -0.05) is 12.1 Å². The molecule has 1 aromatic carbocycles. The van der Waals surface area contributed by atoms with Crippen molar-refractivity contribution in [3.05, 3.63) is 53.9 Å². The van der Waals surface area contributed by atoms with E-state index in [1.54, 1.807) is 42.2 Å². The van der Waals surface area contributed by atoms with Crippen LogP contribution in [0.1, 0.15) is 28.9 Å². The van der Waals surface area contributed by atoms with Gasteiger partial charge in [0, 0.05) is 18.9 Å². The predicted molar refractivity (Wildman–Crippen MR) is 72.2 cm³/mol. The molecule has 104 valence electrons. The van der Waals surface area contributed by atoms with Gasteiger partial charge in [0.05, 0.1) is 5.56 Å². The average Bonchev–Trinajstić information content (AvgIpc) is 2.98. The molecule has 0 spiro atoms. The Hall–Kier alpha value is -2.63. The Balaban J connectivity index is 1.91. The minimum absolute atomic E-state index is 0.143. The lowest BCUT2D eigenvalue weighted by Gasteiger charge is -2.12. The topological polar surface area (TPSA) is 84.2 Å². The van der Waals surface area contributed by atoms with Gasteiger partial charge >= 0.3 is 5.97 Å². The van der Waals surface area contributed by atoms with E-state index in [-0.39, 0.29) is 17.5 Å². The fourth-order valence-corrected chi connectivity index (χ4v) is 1.73. The van der Waals surface area contributed by atoms with Crippen molar-refractivity contribution in [2.24, 2.45) is 0 Å². The summed E-state index contributed by atoms with van der Waals surface area (Å²) in [6.07, 6.45) is 3.35. The summed E-state index contributed by atoms with van der Waals surface area (Å²) < 4.78 is 1.57. The molecule has 0 fully saturated rings. The van der Waals surface area contributed by atoms with Crippen molar-refractivity contribution in [2.45, 2.75) is 19.5 Å². The van der Waals surface area contributed by atoms with Crippen molar-refractivity contribution in [1.29, 1.82) is 0 Å². The maximum atomic E-state index is 11.9. The first-order valence-corrected chi connectivity index (χ1v) is 6.17. The van der Waals surface area contributed by atoms with E-state index in [1.165, 1.54) is 12.1 Å². The first-order valence-electron chi connectivity index (χ1n) is 6.17. The zero-order chi connectivity index (χ0) is 14.5. The number of rotatable bonds is 5. The second kappa shape index (κ2) is 6.01. The van der Waals surface area contributed by atoms with Gasteiger partial charge in [-0.25, -0.2) is 4.79 Å². The largest absolute Gasteiger partial charge is 0.478 e. The van der Waals surface area contributed by atoms with Gasteiger partial charge in [0.25, 0.3) is 0 Å². The molecule has 0 radical (unpaired) electrons. The van der Waals surface area contributed by atoms with Crippen LogP contribution in [0.25, 0.3) is 0 Å². The molecule has 0 bridgehead atoms. The molecule has 1 amide bonds. The van der Waals surface area contributed by atoms with Crippen molar-refractivity contribution < 1.29 is 14.7 Å². The summed E-state index contributed by atoms with van der Waals surface area (Å²) in [5.74, 6) is -1.11. The van der Waals surface area contributed by atoms with Crippen LogP contribution in [-0.4, -0.2) is 26.8 Å². The van der Waals surface area contributed by atoms with Crippen LogP contribution in [0.3, 0.4) is 0 Å². The third-order valence-electron chi connectivity index (χ3n) is 2.97. The zero-order valence-corrected chi connectivity index (χ0v) is 11.0. The number of amides is 1. The molecular formula is C14H15N3O3. The lowest BCUT2D eigenvalue weighted by Crippen LogP contribution is -2.30. The molecular weight excluding hydrogens is 258 g/mol. The van der Waals surface area contributed by atoms with Crippen molar-refractivity contribution in [3.8, 4) is 0 Å². The second-order valence-electron chi connectivity index (χ2n) is 4.38. The highest BCUT2D eigenvalue weighted by Gasteiger charge is 2.14. The molecule has 0 unspecified atom stereocenters. The predicted octanol–water partition coefficient (Wildman–Crippen LogP) is 1.46. The van der Waals surface area contributed by atoms with Crippen LogP contribution >= 0.6 is 0 Å². The van der Waals surface area contributed by atoms with E-state index >= 15 is 0 Å². The molecule has 2 aromatic rings. The summed E-state index contributed by atoms with van der Waals surface area (Å²) in [5.41, 5.74) is 1.07. The van der Waals surface area contributed by atoms with Crippen LogP contribution in [-0.2, 0) is 11.3 Å². The van der Waals surface area contributed by atoms with Crippen LogP contribution < -0.4 is 5.32 Å². The number of carboxylic acids is 1. The van der Waals surface area contributed by atoms with Crippen LogP contribution in [0.15, 0.2) is 42.7 Å². The van der Waals surface area contributed by atoms with E-state index in [0.29, 0.717) is 6.54 Å². The van der Waals surface area contributed by atoms with Crippen LogP contribution in [0.4, 0.5) is 0 Å². The number of nitrogens with one attached hydrogen (secondary N) is 1. The molecule has 1 aromatic heterocycles. The Labute approximate surface area is 116 Å². The number of benzene rings is 1. The number of carboxylic acid groups (broad SMARTS) is 1. The molecule has 0 saturated heterocycles. The Kier molecular flexibility index (Phi) is 4.14. The van der Waals surface area contributed by atoms with Gasteiger partial charge in [0.15, 0.2) is 0 Å². The van der Waals surface area contributed by atoms with Crippen molar-refractivity contribution in [1.82, 2.24) is 15.1 Å². The van der Waals surface area contributed by atoms with Gasteiger partial charge in [-0.15, -0.1) is 0 Å². The van der Waals surface area contributed by atoms with Crippen molar-refractivity contribution >= 4 is 11.9 Å². The molecule has 1 atom stereocenters. The van der Waals surface area contributed by atoms with Crippen molar-refractivity contribution in [3.63, 3.8) is 0 Å². The second-order valence-corrected chi connectivity index (χ2v) is 4.38. The number of nitrogens with zero attached hydrogens (tertiary/aromatic N) is 2. The van der Waals surface area contributed by atoms with E-state index in [1.807, 2.05) is 0 Å². The maximum absolute atomic E-state index is 11.9. The Morgan fingerprint density at radius 1 is 1.35 bits per heavy atom. The van der Waals surface area contributed by atoms with E-state index in [2.05, 4.69) is 10.4 Å². The number of carbonyl (C=O) groups is 2. The van der Waals surface area contributed by atoms with Crippen LogP contribution in [0, 0.1) is 0 Å². The molecule has 0 aliphatic heterocycles. The molecule has 0 aliphatic rings. The lowest BCUT2D eigenvalue weighted by atomic mass is 10.1. The number of aromatic nitrogens is 2. The molecule has 2 N–H and O–H groups in total. The molecule has 20 heavy (non-hydrogen) atoms. The van der Waals surface area contributed by atoms with Gasteiger partial charge in [0.1, 0.15) is 6.04 Å². The van der Waals surface area contributed by atoms with Gasteiger partial charge in [0.2, 0.25) is 5.91 Å². The summed E-state index contributed by atoms with van der Waals surface area (Å²) in [6, 6.07) is 7.77. The first kappa shape index (κ1) is 13.8. The fourth-order valence-electron chi connectivity index (χ4n) is 1.73. The highest BCUT2D eigenvalue weighted by molar-refractivity contribution is 5.87. The van der Waals surface area contributed by atoms with Gasteiger partial charge in [-0.05, 0) is 30.7 Å². The highest BCUT2D eigenvalue weighted by atomic mass is 16.4. The molecule has 6 nitrogen and oxygen atoms in total. The molecule has 0 aliphatic carbocycles. The minimum Gasteiger partial charge on any atom is -0.478 e. The zero-order valence-electron chi connectivity index (χ0n) is 11.0. The summed E-state index contributed by atoms with van der Waals surface area (Å²) >= 11 is 0. The Morgan fingerprint density at radius 2 is 2.05 bits per heavy atom. The van der Waals surface area contributed by atoms with Crippen LogP contribution in [0.2, 0.25) is 0 Å². The summed E-state index contributed by atoms with van der Waals surface area (Å²) in [4.78, 5) is 22.6. The van der Waals surface area contributed by atoms with E-state index in [9.17, 15) is 9.59 Å². The van der Waals surface area contributed by atoms with Gasteiger partial charge < -0.3 is 10.4 Å². The summed E-state index contributed by atoms with van der Waals surface area (Å²) in [5, 5.41) is 15.6.